The summed E-state index contributed by atoms with van der Waals surface area (Å²) in [4.78, 5) is 0. The molecule has 2 aromatic rings. The van der Waals surface area contributed by atoms with E-state index >= 15 is 0 Å². The van der Waals surface area contributed by atoms with Crippen LogP contribution in [0.3, 0.4) is 0 Å². The summed E-state index contributed by atoms with van der Waals surface area (Å²) in [5, 5.41) is 9.46. The molecule has 0 amide bonds. The van der Waals surface area contributed by atoms with Crippen LogP contribution in [0.25, 0.3) is 17.0 Å². The van der Waals surface area contributed by atoms with Crippen molar-refractivity contribution in [3.63, 3.8) is 0 Å². The Balaban J connectivity index is 2.39. The minimum Gasteiger partial charge on any atom is -0.511 e. The van der Waals surface area contributed by atoms with Crippen molar-refractivity contribution in [2.24, 2.45) is 7.05 Å². The fourth-order valence-corrected chi connectivity index (χ4v) is 1.90. The molecule has 0 saturated heterocycles. The smallest absolute Gasteiger partial charge is 0.110 e. The van der Waals surface area contributed by atoms with Gasteiger partial charge in [0.25, 0.3) is 0 Å². The Hall–Kier alpha value is -1.90. The number of rotatable bonds is 2. The highest BCUT2D eigenvalue weighted by Gasteiger charge is 2.11. The molecular formula is C14H18N2O. The number of aliphatic hydroxyl groups is 1. The van der Waals surface area contributed by atoms with Crippen LogP contribution in [0.2, 0.25) is 0 Å². The lowest BCUT2D eigenvalue weighted by molar-refractivity contribution is 0.408. The van der Waals surface area contributed by atoms with Crippen molar-refractivity contribution < 1.29 is 5.11 Å². The second-order valence-electron chi connectivity index (χ2n) is 4.42. The molecule has 0 aliphatic heterocycles. The van der Waals surface area contributed by atoms with Crippen LogP contribution < -0.4 is 0 Å². The Labute approximate surface area is 102 Å². The summed E-state index contributed by atoms with van der Waals surface area (Å²) in [6, 6.07) is 8.40. The summed E-state index contributed by atoms with van der Waals surface area (Å²) >= 11 is 0. The Kier molecular flexibility index (Phi) is 2.84. The number of aryl methyl sites for hydroxylation is 1. The third-order valence-corrected chi connectivity index (χ3v) is 3.10. The van der Waals surface area contributed by atoms with Crippen molar-refractivity contribution in [2.45, 2.75) is 20.8 Å². The van der Waals surface area contributed by atoms with Crippen LogP contribution in [0.5, 0.6) is 0 Å². The number of aromatic nitrogens is 2. The molecule has 17 heavy (non-hydrogen) atoms. The summed E-state index contributed by atoms with van der Waals surface area (Å²) in [6.07, 6.45) is 2.03. The maximum atomic E-state index is 9.46. The number of aliphatic hydroxyl groups excluding tert-OH is 1. The largest absolute Gasteiger partial charge is 0.511 e. The average molecular weight is 230 g/mol. The van der Waals surface area contributed by atoms with E-state index in [4.69, 9.17) is 0 Å². The molecule has 0 aliphatic carbocycles. The topological polar surface area (TPSA) is 30.1 Å². The van der Waals surface area contributed by atoms with Crippen molar-refractivity contribution in [1.82, 2.24) is 9.36 Å². The molecule has 90 valence electrons. The minimum atomic E-state index is 0.344. The zero-order valence-electron chi connectivity index (χ0n) is 10.7. The maximum Gasteiger partial charge on any atom is 0.110 e. The van der Waals surface area contributed by atoms with Gasteiger partial charge >= 0.3 is 0 Å². The van der Waals surface area contributed by atoms with Crippen LogP contribution in [-0.4, -0.2) is 14.5 Å². The third-order valence-electron chi connectivity index (χ3n) is 3.10. The number of hydrogen-bond donors (Lipinski definition) is 1. The summed E-state index contributed by atoms with van der Waals surface area (Å²) in [5.41, 5.74) is 4.46. The molecule has 0 bridgehead atoms. The van der Waals surface area contributed by atoms with Crippen molar-refractivity contribution in [1.29, 1.82) is 0 Å². The predicted molar refractivity (Wildman–Crippen MR) is 70.8 cm³/mol. The van der Waals surface area contributed by atoms with Crippen LogP contribution >= 0.6 is 0 Å². The van der Waals surface area contributed by atoms with Gasteiger partial charge in [-0.25, -0.2) is 0 Å². The SMILES string of the molecule is C/C(O)=C(\C)n1cc(-c2cccc(C)c2)n1C. The van der Waals surface area contributed by atoms with Gasteiger partial charge < -0.3 is 5.11 Å². The Morgan fingerprint density at radius 3 is 2.47 bits per heavy atom. The quantitative estimate of drug-likeness (QED) is 0.785. The van der Waals surface area contributed by atoms with Gasteiger partial charge in [0.2, 0.25) is 0 Å². The molecule has 3 nitrogen and oxygen atoms in total. The second kappa shape index (κ2) is 4.17. The van der Waals surface area contributed by atoms with E-state index in [0.717, 1.165) is 11.4 Å². The number of benzene rings is 1. The molecule has 0 aliphatic rings. The maximum absolute atomic E-state index is 9.46. The molecular weight excluding hydrogens is 212 g/mol. The third kappa shape index (κ3) is 2.00. The van der Waals surface area contributed by atoms with Crippen molar-refractivity contribution >= 4 is 5.70 Å². The highest BCUT2D eigenvalue weighted by Crippen LogP contribution is 2.24. The van der Waals surface area contributed by atoms with E-state index in [1.165, 1.54) is 11.1 Å². The molecule has 1 aromatic heterocycles. The molecule has 2 rings (SSSR count). The average Bonchev–Trinajstić information content (AvgIpc) is 2.27. The van der Waals surface area contributed by atoms with Crippen LogP contribution in [0.15, 0.2) is 36.2 Å². The summed E-state index contributed by atoms with van der Waals surface area (Å²) in [7, 11) is 1.99. The fourth-order valence-electron chi connectivity index (χ4n) is 1.90. The van der Waals surface area contributed by atoms with Gasteiger partial charge in [0.1, 0.15) is 5.76 Å². The normalized spacial score (nSPS) is 12.7. The standard InChI is InChI=1S/C14H18N2O/c1-10-6-5-7-13(8-10)14-9-16(15(14)4)11(2)12(3)17/h5-9,17H,1-4H3/b12-11-. The second-order valence-corrected chi connectivity index (χ2v) is 4.42. The van der Waals surface area contributed by atoms with E-state index in [-0.39, 0.29) is 0 Å². The molecule has 0 unspecified atom stereocenters. The van der Waals surface area contributed by atoms with Gasteiger partial charge in [0, 0.05) is 12.6 Å². The summed E-state index contributed by atoms with van der Waals surface area (Å²) in [6.45, 7) is 5.68. The fraction of sp³-hybridized carbons (Fsp3) is 0.286. The molecule has 1 heterocycles. The van der Waals surface area contributed by atoms with Crippen LogP contribution in [0.1, 0.15) is 19.4 Å². The number of hydrogen-bond acceptors (Lipinski definition) is 1. The Morgan fingerprint density at radius 2 is 1.94 bits per heavy atom. The van der Waals surface area contributed by atoms with Crippen LogP contribution in [0, 0.1) is 6.92 Å². The van der Waals surface area contributed by atoms with Crippen LogP contribution in [0.4, 0.5) is 0 Å². The molecule has 1 N–H and O–H groups in total. The van der Waals surface area contributed by atoms with Gasteiger partial charge in [-0.05, 0) is 26.8 Å². The minimum absolute atomic E-state index is 0.344. The Bertz CT molecular complexity index is 569. The number of allylic oxidation sites excluding steroid dienone is 2. The first kappa shape index (κ1) is 11.6. The molecule has 0 atom stereocenters. The van der Waals surface area contributed by atoms with E-state index in [9.17, 15) is 5.11 Å². The van der Waals surface area contributed by atoms with E-state index in [1.807, 2.05) is 29.5 Å². The lowest BCUT2D eigenvalue weighted by atomic mass is 10.1. The molecule has 1 aromatic carbocycles. The summed E-state index contributed by atoms with van der Waals surface area (Å²) < 4.78 is 3.97. The van der Waals surface area contributed by atoms with E-state index in [1.54, 1.807) is 6.92 Å². The predicted octanol–water partition coefficient (Wildman–Crippen LogP) is 3.57. The van der Waals surface area contributed by atoms with Gasteiger partial charge in [-0.15, -0.1) is 0 Å². The molecule has 0 saturated carbocycles. The first-order valence-corrected chi connectivity index (χ1v) is 5.69. The van der Waals surface area contributed by atoms with Gasteiger partial charge in [-0.2, -0.15) is 0 Å². The van der Waals surface area contributed by atoms with E-state index in [2.05, 4.69) is 31.2 Å². The van der Waals surface area contributed by atoms with Gasteiger partial charge in [0.15, 0.2) is 0 Å². The summed E-state index contributed by atoms with van der Waals surface area (Å²) in [5.74, 6) is 0.344. The van der Waals surface area contributed by atoms with Gasteiger partial charge in [0.05, 0.1) is 17.6 Å². The van der Waals surface area contributed by atoms with Gasteiger partial charge in [-0.1, -0.05) is 23.8 Å². The molecule has 0 spiro atoms. The molecule has 3 heteroatoms. The van der Waals surface area contributed by atoms with Gasteiger partial charge in [-0.3, -0.25) is 9.36 Å². The highest BCUT2D eigenvalue weighted by molar-refractivity contribution is 5.63. The van der Waals surface area contributed by atoms with E-state index < -0.39 is 0 Å². The zero-order chi connectivity index (χ0) is 12.6. The van der Waals surface area contributed by atoms with Crippen LogP contribution in [-0.2, 0) is 7.05 Å². The molecule has 0 fully saturated rings. The van der Waals surface area contributed by atoms with E-state index in [0.29, 0.717) is 5.76 Å². The van der Waals surface area contributed by atoms with Crippen molar-refractivity contribution in [3.05, 3.63) is 41.8 Å². The highest BCUT2D eigenvalue weighted by atomic mass is 16.3. The lowest BCUT2D eigenvalue weighted by Crippen LogP contribution is -2.20. The Morgan fingerprint density at radius 1 is 1.24 bits per heavy atom. The zero-order valence-corrected chi connectivity index (χ0v) is 10.7. The van der Waals surface area contributed by atoms with Crippen molar-refractivity contribution in [2.75, 3.05) is 0 Å². The van der Waals surface area contributed by atoms with Crippen molar-refractivity contribution in [3.8, 4) is 11.3 Å². The first-order chi connectivity index (χ1) is 8.00. The molecule has 0 radical (unpaired) electrons. The number of nitrogens with zero attached hydrogens (tertiary/aromatic N) is 2. The monoisotopic (exact) mass is 230 g/mol. The first-order valence-electron chi connectivity index (χ1n) is 5.69. The lowest BCUT2D eigenvalue weighted by Gasteiger charge is -2.24.